The van der Waals surface area contributed by atoms with Crippen molar-refractivity contribution in [3.05, 3.63) is 93.7 Å². The number of ketones is 1. The molecular formula is C29H23Cl2NO2. The van der Waals surface area contributed by atoms with Gasteiger partial charge in [0.2, 0.25) is 0 Å². The van der Waals surface area contributed by atoms with Gasteiger partial charge >= 0.3 is 0 Å². The van der Waals surface area contributed by atoms with Gasteiger partial charge < -0.3 is 9.73 Å². The number of anilines is 1. The van der Waals surface area contributed by atoms with Gasteiger partial charge in [0.1, 0.15) is 17.6 Å². The average Bonchev–Trinajstić information content (AvgIpc) is 3.27. The Morgan fingerprint density at radius 2 is 1.79 bits per heavy atom. The van der Waals surface area contributed by atoms with Gasteiger partial charge in [-0.25, -0.2) is 0 Å². The molecule has 0 saturated carbocycles. The van der Waals surface area contributed by atoms with E-state index >= 15 is 0 Å². The van der Waals surface area contributed by atoms with Gasteiger partial charge in [-0.2, -0.15) is 0 Å². The van der Waals surface area contributed by atoms with Crippen LogP contribution in [0.2, 0.25) is 10.0 Å². The standard InChI is InChI=1S/C29H23Cl2NO2/c1-29(2)14-20-26-18-6-4-3-5-16(18)7-10-22(26)32-28(27(20)23(33)15-29)25-12-11-24(34-25)19-9-8-17(30)13-21(19)31/h3-13,28,32H,14-15H2,1-2H3/t28-/m0/s1. The molecule has 0 unspecified atom stereocenters. The second-order valence-corrected chi connectivity index (χ2v) is 10.8. The zero-order valence-electron chi connectivity index (χ0n) is 18.9. The Morgan fingerprint density at radius 3 is 2.62 bits per heavy atom. The molecule has 3 nitrogen and oxygen atoms in total. The first kappa shape index (κ1) is 21.5. The summed E-state index contributed by atoms with van der Waals surface area (Å²) < 4.78 is 6.31. The normalized spacial score (nSPS) is 19.1. The van der Waals surface area contributed by atoms with E-state index in [2.05, 4.69) is 49.5 Å². The predicted molar refractivity (Wildman–Crippen MR) is 139 cm³/mol. The monoisotopic (exact) mass is 487 g/mol. The number of carbonyl (C=O) groups excluding carboxylic acids is 1. The van der Waals surface area contributed by atoms with Crippen LogP contribution in [0, 0.1) is 5.41 Å². The summed E-state index contributed by atoms with van der Waals surface area (Å²) in [6, 6.07) is 21.4. The predicted octanol–water partition coefficient (Wildman–Crippen LogP) is 8.72. The molecule has 0 bridgehead atoms. The molecular weight excluding hydrogens is 465 g/mol. The number of rotatable bonds is 2. The molecule has 1 aliphatic carbocycles. The molecule has 0 saturated heterocycles. The largest absolute Gasteiger partial charge is 0.458 e. The molecule has 170 valence electrons. The van der Waals surface area contributed by atoms with E-state index in [1.165, 1.54) is 5.39 Å². The Morgan fingerprint density at radius 1 is 0.971 bits per heavy atom. The highest BCUT2D eigenvalue weighted by Crippen LogP contribution is 2.52. The van der Waals surface area contributed by atoms with Gasteiger partial charge in [0.05, 0.1) is 5.02 Å². The molecule has 1 atom stereocenters. The number of benzene rings is 3. The number of Topliss-reactive ketones (excluding diaryl/α,β-unsaturated/α-hetero) is 1. The summed E-state index contributed by atoms with van der Waals surface area (Å²) >= 11 is 12.5. The maximum Gasteiger partial charge on any atom is 0.162 e. The summed E-state index contributed by atoms with van der Waals surface area (Å²) in [7, 11) is 0. The van der Waals surface area contributed by atoms with Gasteiger partial charge in [-0.3, -0.25) is 4.79 Å². The molecule has 1 aromatic heterocycles. The molecule has 2 aliphatic rings. The molecule has 0 fully saturated rings. The van der Waals surface area contributed by atoms with E-state index in [4.69, 9.17) is 27.6 Å². The fourth-order valence-electron chi connectivity index (χ4n) is 5.39. The number of nitrogens with one attached hydrogen (secondary N) is 1. The molecule has 0 radical (unpaired) electrons. The van der Waals surface area contributed by atoms with Crippen molar-refractivity contribution in [1.29, 1.82) is 0 Å². The maximum atomic E-state index is 13.6. The van der Waals surface area contributed by atoms with Crippen molar-refractivity contribution < 1.29 is 9.21 Å². The maximum absolute atomic E-state index is 13.6. The molecule has 0 spiro atoms. The van der Waals surface area contributed by atoms with Crippen molar-refractivity contribution in [2.24, 2.45) is 5.41 Å². The summed E-state index contributed by atoms with van der Waals surface area (Å²) in [6.45, 7) is 4.34. The zero-order chi connectivity index (χ0) is 23.6. The zero-order valence-corrected chi connectivity index (χ0v) is 20.4. The molecule has 2 heterocycles. The van der Waals surface area contributed by atoms with Crippen LogP contribution in [-0.2, 0) is 4.79 Å². The van der Waals surface area contributed by atoms with E-state index < -0.39 is 0 Å². The topological polar surface area (TPSA) is 42.2 Å². The van der Waals surface area contributed by atoms with Crippen molar-refractivity contribution in [2.45, 2.75) is 32.7 Å². The van der Waals surface area contributed by atoms with Gasteiger partial charge in [-0.05, 0) is 64.6 Å². The second-order valence-electron chi connectivity index (χ2n) is 9.95. The fraction of sp³-hybridized carbons (Fsp3) is 0.207. The Hall–Kier alpha value is -3.01. The van der Waals surface area contributed by atoms with Gasteiger partial charge in [0, 0.05) is 33.8 Å². The van der Waals surface area contributed by atoms with Crippen LogP contribution in [0.25, 0.3) is 27.7 Å². The van der Waals surface area contributed by atoms with Crippen molar-refractivity contribution >= 4 is 51.0 Å². The van der Waals surface area contributed by atoms with Crippen LogP contribution >= 0.6 is 23.2 Å². The molecule has 34 heavy (non-hydrogen) atoms. The third kappa shape index (κ3) is 3.46. The molecule has 3 aromatic carbocycles. The van der Waals surface area contributed by atoms with Gasteiger partial charge in [-0.15, -0.1) is 0 Å². The van der Waals surface area contributed by atoms with Crippen LogP contribution in [0.3, 0.4) is 0 Å². The SMILES string of the molecule is CC1(C)CC(=O)C2=C(C1)c1c(ccc3ccccc13)N[C@H]2c1ccc(-c2ccc(Cl)cc2Cl)o1. The van der Waals surface area contributed by atoms with Crippen molar-refractivity contribution in [3.63, 3.8) is 0 Å². The first-order valence-electron chi connectivity index (χ1n) is 11.4. The Balaban J connectivity index is 1.53. The van der Waals surface area contributed by atoms with Crippen molar-refractivity contribution in [1.82, 2.24) is 0 Å². The number of allylic oxidation sites excluding steroid dienone is 1. The minimum Gasteiger partial charge on any atom is -0.458 e. The van der Waals surface area contributed by atoms with Crippen molar-refractivity contribution in [2.75, 3.05) is 5.32 Å². The molecule has 5 heteroatoms. The lowest BCUT2D eigenvalue weighted by molar-refractivity contribution is -0.118. The third-order valence-electron chi connectivity index (χ3n) is 6.85. The number of hydrogen-bond donors (Lipinski definition) is 1. The van der Waals surface area contributed by atoms with Gasteiger partial charge in [-0.1, -0.05) is 67.4 Å². The first-order valence-corrected chi connectivity index (χ1v) is 12.2. The molecule has 0 amide bonds. The smallest absolute Gasteiger partial charge is 0.162 e. The van der Waals surface area contributed by atoms with Gasteiger partial charge in [0.15, 0.2) is 5.78 Å². The van der Waals surface area contributed by atoms with E-state index in [0.717, 1.165) is 39.8 Å². The van der Waals surface area contributed by atoms with E-state index in [1.807, 2.05) is 24.3 Å². The average molecular weight is 488 g/mol. The minimum atomic E-state index is -0.355. The molecule has 6 rings (SSSR count). The Kier molecular flexibility index (Phi) is 4.91. The van der Waals surface area contributed by atoms with E-state index in [9.17, 15) is 4.79 Å². The van der Waals surface area contributed by atoms with Crippen LogP contribution in [0.5, 0.6) is 0 Å². The van der Waals surface area contributed by atoms with Crippen LogP contribution in [0.4, 0.5) is 5.69 Å². The number of halogens is 2. The van der Waals surface area contributed by atoms with Crippen molar-refractivity contribution in [3.8, 4) is 11.3 Å². The summed E-state index contributed by atoms with van der Waals surface area (Å²) in [5.74, 6) is 1.51. The molecule has 4 aromatic rings. The summed E-state index contributed by atoms with van der Waals surface area (Å²) in [4.78, 5) is 13.6. The Bertz CT molecular complexity index is 1510. The highest BCUT2D eigenvalue weighted by molar-refractivity contribution is 6.36. The van der Waals surface area contributed by atoms with E-state index in [1.54, 1.807) is 12.1 Å². The highest BCUT2D eigenvalue weighted by atomic mass is 35.5. The number of furan rings is 1. The summed E-state index contributed by atoms with van der Waals surface area (Å²) in [5, 5.41) is 7.05. The lowest BCUT2D eigenvalue weighted by Gasteiger charge is -2.39. The van der Waals surface area contributed by atoms with Crippen LogP contribution in [0.1, 0.15) is 44.1 Å². The minimum absolute atomic E-state index is 0.100. The Labute approximate surface area is 208 Å². The lowest BCUT2D eigenvalue weighted by Crippen LogP contribution is -2.33. The quantitative estimate of drug-likeness (QED) is 0.307. The fourth-order valence-corrected chi connectivity index (χ4v) is 5.89. The summed E-state index contributed by atoms with van der Waals surface area (Å²) in [6.07, 6.45) is 1.35. The number of carbonyl (C=O) groups is 1. The number of hydrogen-bond acceptors (Lipinski definition) is 3. The first-order chi connectivity index (χ1) is 16.3. The van der Waals surface area contributed by atoms with Crippen LogP contribution in [-0.4, -0.2) is 5.78 Å². The number of fused-ring (bicyclic) bond motifs is 4. The van der Waals surface area contributed by atoms with E-state index in [0.29, 0.717) is 28.0 Å². The highest BCUT2D eigenvalue weighted by Gasteiger charge is 2.41. The molecule has 1 aliphatic heterocycles. The van der Waals surface area contributed by atoms with Crippen LogP contribution < -0.4 is 5.32 Å². The third-order valence-corrected chi connectivity index (χ3v) is 7.39. The van der Waals surface area contributed by atoms with Gasteiger partial charge in [0.25, 0.3) is 0 Å². The van der Waals surface area contributed by atoms with E-state index in [-0.39, 0.29) is 17.2 Å². The summed E-state index contributed by atoms with van der Waals surface area (Å²) in [5.41, 5.74) is 4.76. The van der Waals surface area contributed by atoms with Crippen LogP contribution in [0.15, 0.2) is 76.7 Å². The lowest BCUT2D eigenvalue weighted by atomic mass is 9.68. The second kappa shape index (κ2) is 7.76. The molecule has 1 N–H and O–H groups in total.